The van der Waals surface area contributed by atoms with Crippen LogP contribution in [0.25, 0.3) is 0 Å². The van der Waals surface area contributed by atoms with Gasteiger partial charge in [0.1, 0.15) is 0 Å². The Bertz CT molecular complexity index is 151. The van der Waals surface area contributed by atoms with Crippen LogP contribution in [0.1, 0.15) is 53.4 Å². The highest BCUT2D eigenvalue weighted by molar-refractivity contribution is 4.88. The Labute approximate surface area is 83.3 Å². The summed E-state index contributed by atoms with van der Waals surface area (Å²) in [6.45, 7) is 10.5. The van der Waals surface area contributed by atoms with Crippen molar-refractivity contribution in [2.24, 2.45) is 11.3 Å². The van der Waals surface area contributed by atoms with Crippen molar-refractivity contribution in [2.75, 3.05) is 6.54 Å². The van der Waals surface area contributed by atoms with Crippen LogP contribution in [0, 0.1) is 11.3 Å². The molecule has 0 bridgehead atoms. The lowest BCUT2D eigenvalue weighted by atomic mass is 9.66. The van der Waals surface area contributed by atoms with Crippen molar-refractivity contribution in [3.05, 3.63) is 0 Å². The van der Waals surface area contributed by atoms with E-state index in [-0.39, 0.29) is 0 Å². The van der Waals surface area contributed by atoms with E-state index in [4.69, 9.17) is 0 Å². The highest BCUT2D eigenvalue weighted by Crippen LogP contribution is 2.42. The van der Waals surface area contributed by atoms with Gasteiger partial charge in [0.25, 0.3) is 0 Å². The molecule has 1 saturated carbocycles. The summed E-state index contributed by atoms with van der Waals surface area (Å²) in [5.74, 6) is 0.922. The molecule has 2 atom stereocenters. The molecule has 78 valence electrons. The van der Waals surface area contributed by atoms with Crippen molar-refractivity contribution in [1.29, 1.82) is 0 Å². The molecule has 0 aromatic carbocycles. The van der Waals surface area contributed by atoms with Gasteiger partial charge in [-0.1, -0.05) is 34.1 Å². The van der Waals surface area contributed by atoms with Gasteiger partial charge in [-0.2, -0.15) is 0 Å². The first-order chi connectivity index (χ1) is 6.10. The van der Waals surface area contributed by atoms with Crippen LogP contribution >= 0.6 is 0 Å². The van der Waals surface area contributed by atoms with Crippen molar-refractivity contribution in [2.45, 2.75) is 59.4 Å². The van der Waals surface area contributed by atoms with Crippen LogP contribution in [0.5, 0.6) is 0 Å². The predicted molar refractivity (Wildman–Crippen MR) is 58.9 cm³/mol. The molecule has 13 heavy (non-hydrogen) atoms. The van der Waals surface area contributed by atoms with Gasteiger partial charge in [0, 0.05) is 6.04 Å². The quantitative estimate of drug-likeness (QED) is 0.708. The molecule has 1 aliphatic rings. The number of hydrogen-bond donors (Lipinski definition) is 1. The topological polar surface area (TPSA) is 12.0 Å². The van der Waals surface area contributed by atoms with Gasteiger partial charge in [-0.25, -0.2) is 0 Å². The van der Waals surface area contributed by atoms with Crippen molar-refractivity contribution in [3.63, 3.8) is 0 Å². The van der Waals surface area contributed by atoms with Gasteiger partial charge in [-0.05, 0) is 37.1 Å². The minimum absolute atomic E-state index is 0.584. The Hall–Kier alpha value is -0.0400. The minimum atomic E-state index is 0.584. The monoisotopic (exact) mass is 183 g/mol. The van der Waals surface area contributed by atoms with E-state index in [9.17, 15) is 0 Å². The molecule has 0 spiro atoms. The molecular weight excluding hydrogens is 158 g/mol. The summed E-state index contributed by atoms with van der Waals surface area (Å²) in [5.41, 5.74) is 0.584. The van der Waals surface area contributed by atoms with Gasteiger partial charge in [0.15, 0.2) is 0 Å². The molecule has 1 nitrogen and oxygen atoms in total. The zero-order valence-corrected chi connectivity index (χ0v) is 9.69. The largest absolute Gasteiger partial charge is 0.314 e. The van der Waals surface area contributed by atoms with Gasteiger partial charge >= 0.3 is 0 Å². The maximum Gasteiger partial charge on any atom is 0.00699 e. The Morgan fingerprint density at radius 2 is 2.00 bits per heavy atom. The average molecular weight is 183 g/mol. The first kappa shape index (κ1) is 11.0. The second-order valence-electron chi connectivity index (χ2n) is 5.12. The van der Waals surface area contributed by atoms with Crippen LogP contribution in [-0.2, 0) is 0 Å². The molecule has 1 rings (SSSR count). The maximum absolute atomic E-state index is 3.59. The average Bonchev–Trinajstić information content (AvgIpc) is 2.08. The molecule has 0 aliphatic heterocycles. The lowest BCUT2D eigenvalue weighted by molar-refractivity contribution is 0.109. The van der Waals surface area contributed by atoms with Crippen LogP contribution in [0.3, 0.4) is 0 Å². The summed E-state index contributed by atoms with van der Waals surface area (Å²) < 4.78 is 0. The normalized spacial score (nSPS) is 33.2. The molecule has 0 radical (unpaired) electrons. The molecule has 0 amide bonds. The van der Waals surface area contributed by atoms with Gasteiger partial charge in [0.05, 0.1) is 0 Å². The van der Waals surface area contributed by atoms with Crippen molar-refractivity contribution < 1.29 is 0 Å². The molecule has 1 heteroatoms. The standard InChI is InChI=1S/C12H25N/c1-5-10-9-11(13-6-2)7-8-12(10,3)4/h10-11,13H,5-9H2,1-4H3. The first-order valence-electron chi connectivity index (χ1n) is 5.83. The van der Waals surface area contributed by atoms with E-state index >= 15 is 0 Å². The molecule has 1 N–H and O–H groups in total. The third-order valence-electron chi connectivity index (χ3n) is 3.80. The first-order valence-corrected chi connectivity index (χ1v) is 5.83. The van der Waals surface area contributed by atoms with Gasteiger partial charge in [0.2, 0.25) is 0 Å². The zero-order chi connectivity index (χ0) is 9.90. The van der Waals surface area contributed by atoms with E-state index in [0.717, 1.165) is 18.5 Å². The summed E-state index contributed by atoms with van der Waals surface area (Å²) in [5, 5.41) is 3.59. The van der Waals surface area contributed by atoms with Gasteiger partial charge in [-0.3, -0.25) is 0 Å². The molecule has 0 aromatic rings. The fourth-order valence-corrected chi connectivity index (χ4v) is 2.72. The molecule has 1 aliphatic carbocycles. The third kappa shape index (κ3) is 2.70. The second-order valence-corrected chi connectivity index (χ2v) is 5.12. The highest BCUT2D eigenvalue weighted by atomic mass is 14.9. The molecule has 1 fully saturated rings. The molecule has 0 saturated heterocycles. The zero-order valence-electron chi connectivity index (χ0n) is 9.69. The summed E-state index contributed by atoms with van der Waals surface area (Å²) in [7, 11) is 0. The van der Waals surface area contributed by atoms with E-state index < -0.39 is 0 Å². The van der Waals surface area contributed by atoms with E-state index in [2.05, 4.69) is 33.0 Å². The van der Waals surface area contributed by atoms with Crippen LogP contribution in [-0.4, -0.2) is 12.6 Å². The van der Waals surface area contributed by atoms with Crippen molar-refractivity contribution in [1.82, 2.24) is 5.32 Å². The van der Waals surface area contributed by atoms with Gasteiger partial charge in [-0.15, -0.1) is 0 Å². The van der Waals surface area contributed by atoms with E-state index in [1.54, 1.807) is 0 Å². The van der Waals surface area contributed by atoms with Crippen LogP contribution in [0.2, 0.25) is 0 Å². The predicted octanol–water partition coefficient (Wildman–Crippen LogP) is 3.20. The summed E-state index contributed by atoms with van der Waals surface area (Å²) in [6, 6.07) is 0.794. The molecule has 0 heterocycles. The summed E-state index contributed by atoms with van der Waals surface area (Å²) in [4.78, 5) is 0. The molecular formula is C12H25N. The highest BCUT2D eigenvalue weighted by Gasteiger charge is 2.34. The van der Waals surface area contributed by atoms with Crippen LogP contribution in [0.15, 0.2) is 0 Å². The Kier molecular flexibility index (Phi) is 3.78. The summed E-state index contributed by atoms with van der Waals surface area (Å²) in [6.07, 6.45) is 5.49. The van der Waals surface area contributed by atoms with E-state index in [1.807, 2.05) is 0 Å². The molecule has 2 unspecified atom stereocenters. The summed E-state index contributed by atoms with van der Waals surface area (Å²) >= 11 is 0. The minimum Gasteiger partial charge on any atom is -0.314 e. The van der Waals surface area contributed by atoms with E-state index in [0.29, 0.717) is 5.41 Å². The molecule has 0 aromatic heterocycles. The Balaban J connectivity index is 2.48. The second kappa shape index (κ2) is 4.45. The fraction of sp³-hybridized carbons (Fsp3) is 1.00. The fourth-order valence-electron chi connectivity index (χ4n) is 2.72. The number of rotatable bonds is 3. The number of nitrogens with one attached hydrogen (secondary N) is 1. The SMILES string of the molecule is CCNC1CCC(C)(C)C(CC)C1. The van der Waals surface area contributed by atoms with Crippen LogP contribution in [0.4, 0.5) is 0 Å². The Morgan fingerprint density at radius 1 is 1.31 bits per heavy atom. The number of hydrogen-bond acceptors (Lipinski definition) is 1. The Morgan fingerprint density at radius 3 is 2.54 bits per heavy atom. The maximum atomic E-state index is 3.59. The van der Waals surface area contributed by atoms with Crippen molar-refractivity contribution >= 4 is 0 Å². The smallest absolute Gasteiger partial charge is 0.00699 e. The van der Waals surface area contributed by atoms with Crippen LogP contribution < -0.4 is 5.32 Å². The lowest BCUT2D eigenvalue weighted by Crippen LogP contribution is -2.40. The lowest BCUT2D eigenvalue weighted by Gasteiger charge is -2.42. The van der Waals surface area contributed by atoms with Gasteiger partial charge < -0.3 is 5.32 Å². The van der Waals surface area contributed by atoms with E-state index in [1.165, 1.54) is 25.7 Å². The van der Waals surface area contributed by atoms with Crippen molar-refractivity contribution in [3.8, 4) is 0 Å². The third-order valence-corrected chi connectivity index (χ3v) is 3.80.